The number of fused-ring (bicyclic) bond motifs is 2. The van der Waals surface area contributed by atoms with E-state index >= 15 is 0 Å². The lowest BCUT2D eigenvalue weighted by atomic mass is 9.90. The van der Waals surface area contributed by atoms with Gasteiger partial charge in [-0.25, -0.2) is 0 Å². The molecule has 3 N–H and O–H groups in total. The SMILES string of the molecule is NC1=C(NCCCN2CCN(c3ccc4c(c3)OCCO4)CC2)C(=O)c2ccccc2C1=O. The van der Waals surface area contributed by atoms with Gasteiger partial charge in [0.25, 0.3) is 0 Å². The van der Waals surface area contributed by atoms with Crippen LogP contribution >= 0.6 is 0 Å². The molecule has 2 aliphatic heterocycles. The fourth-order valence-electron chi connectivity index (χ4n) is 4.54. The van der Waals surface area contributed by atoms with E-state index in [1.54, 1.807) is 24.3 Å². The number of nitrogens with one attached hydrogen (secondary N) is 1. The molecule has 0 atom stereocenters. The number of carbonyl (C=O) groups is 2. The van der Waals surface area contributed by atoms with E-state index in [-0.39, 0.29) is 23.0 Å². The third-order valence-electron chi connectivity index (χ3n) is 6.37. The third kappa shape index (κ3) is 4.26. The normalized spacial score (nSPS) is 18.4. The summed E-state index contributed by atoms with van der Waals surface area (Å²) >= 11 is 0. The molecular formula is C25H28N4O4. The summed E-state index contributed by atoms with van der Waals surface area (Å²) in [5.41, 5.74) is 8.15. The first-order valence-electron chi connectivity index (χ1n) is 11.4. The van der Waals surface area contributed by atoms with E-state index in [2.05, 4.69) is 27.2 Å². The molecule has 1 fully saturated rings. The summed E-state index contributed by atoms with van der Waals surface area (Å²) < 4.78 is 11.3. The quantitative estimate of drug-likeness (QED) is 0.646. The standard InChI is InChI=1S/C25H28N4O4/c26-22-23(25(31)19-5-2-1-4-18(19)24(22)30)27-8-3-9-28-10-12-29(13-11-28)17-6-7-20-21(16-17)33-15-14-32-20/h1-2,4-7,16,27H,3,8-15,26H2. The van der Waals surface area contributed by atoms with E-state index in [0.29, 0.717) is 30.9 Å². The fraction of sp³-hybridized carbons (Fsp3) is 0.360. The van der Waals surface area contributed by atoms with Gasteiger partial charge in [-0.05, 0) is 25.1 Å². The molecule has 8 heteroatoms. The monoisotopic (exact) mass is 448 g/mol. The van der Waals surface area contributed by atoms with Gasteiger partial charge in [-0.15, -0.1) is 0 Å². The molecule has 1 saturated heterocycles. The van der Waals surface area contributed by atoms with Crippen LogP contribution in [0.25, 0.3) is 0 Å². The van der Waals surface area contributed by atoms with Crippen molar-refractivity contribution in [3.05, 3.63) is 65.0 Å². The van der Waals surface area contributed by atoms with Crippen molar-refractivity contribution in [2.45, 2.75) is 6.42 Å². The predicted octanol–water partition coefficient (Wildman–Crippen LogP) is 1.81. The molecule has 0 amide bonds. The number of piperazine rings is 1. The van der Waals surface area contributed by atoms with Crippen LogP contribution in [0.2, 0.25) is 0 Å². The fourth-order valence-corrected chi connectivity index (χ4v) is 4.54. The zero-order valence-corrected chi connectivity index (χ0v) is 18.5. The van der Waals surface area contributed by atoms with Crippen molar-refractivity contribution in [3.63, 3.8) is 0 Å². The highest BCUT2D eigenvalue weighted by Crippen LogP contribution is 2.34. The summed E-state index contributed by atoms with van der Waals surface area (Å²) in [4.78, 5) is 30.0. The number of ether oxygens (including phenoxy) is 2. The Hall–Kier alpha value is -3.52. The maximum atomic E-state index is 12.7. The highest BCUT2D eigenvalue weighted by atomic mass is 16.6. The molecule has 5 rings (SSSR count). The zero-order valence-electron chi connectivity index (χ0n) is 18.5. The van der Waals surface area contributed by atoms with Gasteiger partial charge in [0.2, 0.25) is 11.6 Å². The number of rotatable bonds is 6. The molecule has 2 aromatic carbocycles. The van der Waals surface area contributed by atoms with Crippen molar-refractivity contribution < 1.29 is 19.1 Å². The highest BCUT2D eigenvalue weighted by Gasteiger charge is 2.30. The van der Waals surface area contributed by atoms with Gasteiger partial charge in [-0.2, -0.15) is 0 Å². The minimum Gasteiger partial charge on any atom is -0.486 e. The molecule has 0 saturated carbocycles. The minimum absolute atomic E-state index is 0.00624. The second-order valence-electron chi connectivity index (χ2n) is 8.43. The second-order valence-corrected chi connectivity index (χ2v) is 8.43. The van der Waals surface area contributed by atoms with Crippen molar-refractivity contribution >= 4 is 17.3 Å². The summed E-state index contributed by atoms with van der Waals surface area (Å²) in [6.07, 6.45) is 0.851. The van der Waals surface area contributed by atoms with Gasteiger partial charge in [0, 0.05) is 55.6 Å². The minimum atomic E-state index is -0.289. The van der Waals surface area contributed by atoms with E-state index in [4.69, 9.17) is 15.2 Å². The van der Waals surface area contributed by atoms with Crippen molar-refractivity contribution in [2.75, 3.05) is 57.4 Å². The van der Waals surface area contributed by atoms with Crippen LogP contribution in [0.1, 0.15) is 27.1 Å². The van der Waals surface area contributed by atoms with Crippen LogP contribution in [0.3, 0.4) is 0 Å². The number of Topliss-reactive ketones (excluding diaryl/α,β-unsaturated/α-hetero) is 2. The van der Waals surface area contributed by atoms with Crippen molar-refractivity contribution in [1.82, 2.24) is 10.2 Å². The molecular weight excluding hydrogens is 420 g/mol. The number of hydrogen-bond acceptors (Lipinski definition) is 8. The van der Waals surface area contributed by atoms with E-state index < -0.39 is 0 Å². The molecule has 33 heavy (non-hydrogen) atoms. The summed E-state index contributed by atoms with van der Waals surface area (Å²) in [5, 5.41) is 3.12. The molecule has 0 spiro atoms. The third-order valence-corrected chi connectivity index (χ3v) is 6.37. The van der Waals surface area contributed by atoms with E-state index in [0.717, 1.165) is 56.3 Å². The molecule has 0 radical (unpaired) electrons. The predicted molar refractivity (Wildman–Crippen MR) is 125 cm³/mol. The van der Waals surface area contributed by atoms with Gasteiger partial charge in [-0.1, -0.05) is 24.3 Å². The van der Waals surface area contributed by atoms with Crippen LogP contribution < -0.4 is 25.4 Å². The number of benzene rings is 2. The van der Waals surface area contributed by atoms with Crippen LogP contribution in [0.5, 0.6) is 11.5 Å². The van der Waals surface area contributed by atoms with Crippen molar-refractivity contribution in [3.8, 4) is 11.5 Å². The number of ketones is 2. The Bertz CT molecular complexity index is 1110. The van der Waals surface area contributed by atoms with Crippen LogP contribution in [0.15, 0.2) is 53.9 Å². The zero-order chi connectivity index (χ0) is 22.8. The Morgan fingerprint density at radius 1 is 0.879 bits per heavy atom. The number of carbonyl (C=O) groups excluding carboxylic acids is 2. The van der Waals surface area contributed by atoms with E-state index in [9.17, 15) is 9.59 Å². The van der Waals surface area contributed by atoms with Crippen LogP contribution in [-0.2, 0) is 0 Å². The number of allylic oxidation sites excluding steroid dienone is 2. The van der Waals surface area contributed by atoms with Crippen LogP contribution in [0.4, 0.5) is 5.69 Å². The topological polar surface area (TPSA) is 97.1 Å². The molecule has 3 aliphatic rings. The average Bonchev–Trinajstić information content (AvgIpc) is 2.87. The Morgan fingerprint density at radius 3 is 2.33 bits per heavy atom. The average molecular weight is 449 g/mol. The lowest BCUT2D eigenvalue weighted by Crippen LogP contribution is -2.47. The van der Waals surface area contributed by atoms with Gasteiger partial charge in [-0.3, -0.25) is 14.5 Å². The largest absolute Gasteiger partial charge is 0.486 e. The molecule has 0 aromatic heterocycles. The lowest BCUT2D eigenvalue weighted by molar-refractivity contribution is 0.0967. The lowest BCUT2D eigenvalue weighted by Gasteiger charge is -2.36. The molecule has 2 heterocycles. The summed E-state index contributed by atoms with van der Waals surface area (Å²) in [6.45, 7) is 6.49. The highest BCUT2D eigenvalue weighted by molar-refractivity contribution is 6.26. The van der Waals surface area contributed by atoms with Gasteiger partial charge in [0.1, 0.15) is 24.6 Å². The number of nitrogens with zero attached hydrogens (tertiary/aromatic N) is 2. The first-order chi connectivity index (χ1) is 16.1. The van der Waals surface area contributed by atoms with Crippen molar-refractivity contribution in [1.29, 1.82) is 0 Å². The van der Waals surface area contributed by atoms with Crippen LogP contribution in [-0.4, -0.2) is 68.9 Å². The Labute approximate surface area is 192 Å². The molecule has 8 nitrogen and oxygen atoms in total. The second kappa shape index (κ2) is 9.15. The molecule has 1 aliphatic carbocycles. The molecule has 172 valence electrons. The first kappa shape index (κ1) is 21.3. The van der Waals surface area contributed by atoms with Gasteiger partial charge >= 0.3 is 0 Å². The first-order valence-corrected chi connectivity index (χ1v) is 11.4. The number of anilines is 1. The Kier molecular flexibility index (Phi) is 5.92. The number of nitrogens with two attached hydrogens (primary N) is 1. The van der Waals surface area contributed by atoms with Gasteiger partial charge < -0.3 is 25.4 Å². The van der Waals surface area contributed by atoms with E-state index in [1.807, 2.05) is 6.07 Å². The van der Waals surface area contributed by atoms with Gasteiger partial charge in [0.05, 0.1) is 0 Å². The molecule has 0 unspecified atom stereocenters. The van der Waals surface area contributed by atoms with Crippen molar-refractivity contribution in [2.24, 2.45) is 5.73 Å². The Morgan fingerprint density at radius 2 is 1.58 bits per heavy atom. The number of hydrogen-bond donors (Lipinski definition) is 2. The van der Waals surface area contributed by atoms with Crippen LogP contribution in [0, 0.1) is 0 Å². The summed E-state index contributed by atoms with van der Waals surface area (Å²) in [6, 6.07) is 12.9. The maximum absolute atomic E-state index is 12.7. The molecule has 0 bridgehead atoms. The molecule has 2 aromatic rings. The summed E-state index contributed by atoms with van der Waals surface area (Å²) in [7, 11) is 0. The van der Waals surface area contributed by atoms with Gasteiger partial charge in [0.15, 0.2) is 11.5 Å². The van der Waals surface area contributed by atoms with E-state index in [1.165, 1.54) is 0 Å². The maximum Gasteiger partial charge on any atom is 0.211 e. The summed E-state index contributed by atoms with van der Waals surface area (Å²) in [5.74, 6) is 1.13. The smallest absolute Gasteiger partial charge is 0.211 e. The Balaban J connectivity index is 1.10.